The van der Waals surface area contributed by atoms with Crippen molar-refractivity contribution in [2.24, 2.45) is 11.8 Å². The van der Waals surface area contributed by atoms with Gasteiger partial charge in [-0.1, -0.05) is 29.8 Å². The Morgan fingerprint density at radius 2 is 1.61 bits per heavy atom. The standard InChI is InChI=1S/C19H25NO3/c1-13-4-6-14(7-5-13)17-3-2-12-20(17)18(21)15-8-10-16(11-9-15)19(22)23/h4-7,15-17H,2-3,8-12H2,1H3,(H,22,23). The van der Waals surface area contributed by atoms with E-state index in [1.807, 2.05) is 4.90 Å². The third-order valence-electron chi connectivity index (χ3n) is 5.42. The summed E-state index contributed by atoms with van der Waals surface area (Å²) in [6.45, 7) is 2.90. The van der Waals surface area contributed by atoms with Crippen molar-refractivity contribution >= 4 is 11.9 Å². The molecule has 1 atom stereocenters. The quantitative estimate of drug-likeness (QED) is 0.928. The minimum atomic E-state index is -0.713. The van der Waals surface area contributed by atoms with Gasteiger partial charge < -0.3 is 10.0 Å². The van der Waals surface area contributed by atoms with Crippen molar-refractivity contribution in [1.82, 2.24) is 4.90 Å². The highest BCUT2D eigenvalue weighted by molar-refractivity contribution is 5.80. The van der Waals surface area contributed by atoms with Gasteiger partial charge in [0.2, 0.25) is 5.91 Å². The van der Waals surface area contributed by atoms with E-state index in [4.69, 9.17) is 5.11 Å². The van der Waals surface area contributed by atoms with Crippen LogP contribution < -0.4 is 0 Å². The summed E-state index contributed by atoms with van der Waals surface area (Å²) in [5.41, 5.74) is 2.46. The molecule has 124 valence electrons. The van der Waals surface area contributed by atoms with Crippen LogP contribution in [-0.4, -0.2) is 28.4 Å². The molecular weight excluding hydrogens is 290 g/mol. The molecule has 1 heterocycles. The van der Waals surface area contributed by atoms with Crippen molar-refractivity contribution in [3.05, 3.63) is 35.4 Å². The first-order valence-electron chi connectivity index (χ1n) is 8.66. The number of hydrogen-bond donors (Lipinski definition) is 1. The summed E-state index contributed by atoms with van der Waals surface area (Å²) in [6, 6.07) is 8.67. The van der Waals surface area contributed by atoms with Gasteiger partial charge in [-0.15, -0.1) is 0 Å². The van der Waals surface area contributed by atoms with Gasteiger partial charge in [0.25, 0.3) is 0 Å². The van der Waals surface area contributed by atoms with Crippen LogP contribution in [-0.2, 0) is 9.59 Å². The third kappa shape index (κ3) is 3.41. The number of carboxylic acids is 1. The minimum Gasteiger partial charge on any atom is -0.481 e. The summed E-state index contributed by atoms with van der Waals surface area (Å²) >= 11 is 0. The van der Waals surface area contributed by atoms with E-state index in [2.05, 4.69) is 31.2 Å². The van der Waals surface area contributed by atoms with E-state index in [0.717, 1.165) is 19.4 Å². The Bertz CT molecular complexity index is 573. The number of carbonyl (C=O) groups is 2. The Morgan fingerprint density at radius 1 is 1.00 bits per heavy atom. The summed E-state index contributed by atoms with van der Waals surface area (Å²) in [4.78, 5) is 26.0. The molecular formula is C19H25NO3. The lowest BCUT2D eigenvalue weighted by Crippen LogP contribution is -2.38. The summed E-state index contributed by atoms with van der Waals surface area (Å²) in [5.74, 6) is -0.728. The molecule has 0 aromatic heterocycles. The molecule has 23 heavy (non-hydrogen) atoms. The van der Waals surface area contributed by atoms with Crippen molar-refractivity contribution in [3.8, 4) is 0 Å². The second kappa shape index (κ2) is 6.73. The molecule has 1 aromatic rings. The van der Waals surface area contributed by atoms with Crippen LogP contribution in [0.1, 0.15) is 55.7 Å². The van der Waals surface area contributed by atoms with E-state index in [1.54, 1.807) is 0 Å². The Kier molecular flexibility index (Phi) is 4.69. The van der Waals surface area contributed by atoms with E-state index in [0.29, 0.717) is 25.7 Å². The summed E-state index contributed by atoms with van der Waals surface area (Å²) in [6.07, 6.45) is 4.78. The molecule has 4 heteroatoms. The van der Waals surface area contributed by atoms with Gasteiger partial charge in [-0.3, -0.25) is 9.59 Å². The average Bonchev–Trinajstić information content (AvgIpc) is 3.04. The number of nitrogens with zero attached hydrogens (tertiary/aromatic N) is 1. The van der Waals surface area contributed by atoms with Gasteiger partial charge in [0.15, 0.2) is 0 Å². The smallest absolute Gasteiger partial charge is 0.306 e. The van der Waals surface area contributed by atoms with Crippen LogP contribution in [0.4, 0.5) is 0 Å². The van der Waals surface area contributed by atoms with Gasteiger partial charge in [0.05, 0.1) is 12.0 Å². The van der Waals surface area contributed by atoms with Crippen LogP contribution in [0.5, 0.6) is 0 Å². The van der Waals surface area contributed by atoms with Crippen LogP contribution in [0.15, 0.2) is 24.3 Å². The fourth-order valence-corrected chi connectivity index (χ4v) is 3.99. The first-order chi connectivity index (χ1) is 11.1. The molecule has 1 N–H and O–H groups in total. The predicted molar refractivity (Wildman–Crippen MR) is 88.0 cm³/mol. The molecule has 1 saturated heterocycles. The second-order valence-corrected chi connectivity index (χ2v) is 6.99. The van der Waals surface area contributed by atoms with Gasteiger partial charge >= 0.3 is 5.97 Å². The Balaban J connectivity index is 1.67. The molecule has 2 aliphatic rings. The number of likely N-dealkylation sites (tertiary alicyclic amines) is 1. The summed E-state index contributed by atoms with van der Waals surface area (Å²) in [5, 5.41) is 9.09. The molecule has 4 nitrogen and oxygen atoms in total. The Hall–Kier alpha value is -1.84. The zero-order chi connectivity index (χ0) is 16.4. The zero-order valence-corrected chi connectivity index (χ0v) is 13.7. The molecule has 1 saturated carbocycles. The second-order valence-electron chi connectivity index (χ2n) is 6.99. The summed E-state index contributed by atoms with van der Waals surface area (Å²) < 4.78 is 0. The van der Waals surface area contributed by atoms with Gasteiger partial charge in [-0.2, -0.15) is 0 Å². The number of carboxylic acid groups (broad SMARTS) is 1. The molecule has 0 radical (unpaired) electrons. The summed E-state index contributed by atoms with van der Waals surface area (Å²) in [7, 11) is 0. The predicted octanol–water partition coefficient (Wildman–Crippen LogP) is 3.55. The van der Waals surface area contributed by atoms with Crippen LogP contribution in [0, 0.1) is 18.8 Å². The fourth-order valence-electron chi connectivity index (χ4n) is 3.99. The van der Waals surface area contributed by atoms with Gasteiger partial charge in [0, 0.05) is 12.5 Å². The van der Waals surface area contributed by atoms with Gasteiger partial charge in [0.1, 0.15) is 0 Å². The molecule has 1 aromatic carbocycles. The highest BCUT2D eigenvalue weighted by Crippen LogP contribution is 2.37. The monoisotopic (exact) mass is 315 g/mol. The molecule has 0 spiro atoms. The maximum Gasteiger partial charge on any atom is 0.306 e. The number of amides is 1. The molecule has 1 unspecified atom stereocenters. The molecule has 1 amide bonds. The molecule has 3 rings (SSSR count). The topological polar surface area (TPSA) is 57.6 Å². The van der Waals surface area contributed by atoms with Crippen LogP contribution in [0.25, 0.3) is 0 Å². The maximum atomic E-state index is 12.9. The van der Waals surface area contributed by atoms with Gasteiger partial charge in [-0.05, 0) is 51.0 Å². The number of aliphatic carboxylic acids is 1. The van der Waals surface area contributed by atoms with Crippen molar-refractivity contribution < 1.29 is 14.7 Å². The molecule has 0 bridgehead atoms. The number of carbonyl (C=O) groups excluding carboxylic acids is 1. The lowest BCUT2D eigenvalue weighted by Gasteiger charge is -2.32. The van der Waals surface area contributed by atoms with Crippen molar-refractivity contribution in [3.63, 3.8) is 0 Å². The van der Waals surface area contributed by atoms with Gasteiger partial charge in [-0.25, -0.2) is 0 Å². The maximum absolute atomic E-state index is 12.9. The Labute approximate surface area is 137 Å². The normalized spacial score (nSPS) is 27.9. The van der Waals surface area contributed by atoms with E-state index >= 15 is 0 Å². The number of rotatable bonds is 3. The zero-order valence-electron chi connectivity index (χ0n) is 13.7. The van der Waals surface area contributed by atoms with Crippen molar-refractivity contribution in [2.45, 2.75) is 51.5 Å². The first kappa shape index (κ1) is 16.0. The lowest BCUT2D eigenvalue weighted by atomic mass is 9.81. The van der Waals surface area contributed by atoms with E-state index in [1.165, 1.54) is 11.1 Å². The third-order valence-corrected chi connectivity index (χ3v) is 5.42. The number of hydrogen-bond acceptors (Lipinski definition) is 2. The van der Waals surface area contributed by atoms with E-state index in [-0.39, 0.29) is 23.8 Å². The van der Waals surface area contributed by atoms with Crippen molar-refractivity contribution in [2.75, 3.05) is 6.54 Å². The average molecular weight is 315 g/mol. The molecule has 1 aliphatic heterocycles. The van der Waals surface area contributed by atoms with Crippen LogP contribution in [0.2, 0.25) is 0 Å². The SMILES string of the molecule is Cc1ccc(C2CCCN2C(=O)C2CCC(C(=O)O)CC2)cc1. The highest BCUT2D eigenvalue weighted by Gasteiger charge is 2.36. The highest BCUT2D eigenvalue weighted by atomic mass is 16.4. The molecule has 1 aliphatic carbocycles. The van der Waals surface area contributed by atoms with E-state index < -0.39 is 5.97 Å². The number of benzene rings is 1. The van der Waals surface area contributed by atoms with Crippen LogP contribution >= 0.6 is 0 Å². The van der Waals surface area contributed by atoms with Crippen LogP contribution in [0.3, 0.4) is 0 Å². The molecule has 2 fully saturated rings. The van der Waals surface area contributed by atoms with E-state index in [9.17, 15) is 9.59 Å². The number of aryl methyl sites for hydroxylation is 1. The minimum absolute atomic E-state index is 0.0108. The lowest BCUT2D eigenvalue weighted by molar-refractivity contribution is -0.146. The fraction of sp³-hybridized carbons (Fsp3) is 0.579. The van der Waals surface area contributed by atoms with Crippen molar-refractivity contribution in [1.29, 1.82) is 0 Å². The first-order valence-corrected chi connectivity index (χ1v) is 8.66. The Morgan fingerprint density at radius 3 is 2.22 bits per heavy atom. The largest absolute Gasteiger partial charge is 0.481 e.